The van der Waals surface area contributed by atoms with Crippen LogP contribution in [-0.2, 0) is 13.8 Å². The number of pyridine rings is 1. The fourth-order valence-corrected chi connectivity index (χ4v) is 6.52. The Morgan fingerprint density at radius 1 is 1.20 bits per heavy atom. The van der Waals surface area contributed by atoms with Gasteiger partial charge < -0.3 is 29.9 Å². The highest BCUT2D eigenvalue weighted by molar-refractivity contribution is 7.71. The lowest BCUT2D eigenvalue weighted by molar-refractivity contribution is -0.0630. The van der Waals surface area contributed by atoms with Crippen LogP contribution in [0.5, 0.6) is 0 Å². The Labute approximate surface area is 208 Å². The van der Waals surface area contributed by atoms with Gasteiger partial charge in [0.15, 0.2) is 11.0 Å². The maximum atomic E-state index is 13.4. The van der Waals surface area contributed by atoms with E-state index in [-0.39, 0.29) is 29.6 Å². The van der Waals surface area contributed by atoms with Crippen LogP contribution >= 0.6 is 19.8 Å². The molecule has 2 aromatic heterocycles. The Bertz CT molecular complexity index is 1160. The summed E-state index contributed by atoms with van der Waals surface area (Å²) >= 11 is 5.34. The van der Waals surface area contributed by atoms with Gasteiger partial charge in [0.05, 0.1) is 17.9 Å². The van der Waals surface area contributed by atoms with Gasteiger partial charge in [0.25, 0.3) is 0 Å². The largest absolute Gasteiger partial charge is 0.388 e. The second-order valence-electron chi connectivity index (χ2n) is 8.95. The number of H-pyrrole nitrogens is 1. The Morgan fingerprint density at radius 3 is 2.40 bits per heavy atom. The molecule has 0 aliphatic carbocycles. The van der Waals surface area contributed by atoms with Gasteiger partial charge in [0.2, 0.25) is 5.95 Å². The van der Waals surface area contributed by atoms with Gasteiger partial charge in [-0.15, -0.1) is 0 Å². The number of ether oxygens (including phenoxy) is 1. The Hall–Kier alpha value is -1.37. The molecule has 0 aromatic carbocycles. The molecule has 13 heteroatoms. The van der Waals surface area contributed by atoms with Gasteiger partial charge in [0.1, 0.15) is 28.5 Å². The number of hydrogen-bond acceptors (Lipinski definition) is 9. The summed E-state index contributed by atoms with van der Waals surface area (Å²) in [6, 6.07) is 1.51. The van der Waals surface area contributed by atoms with Crippen LogP contribution in [0.3, 0.4) is 0 Å². The second kappa shape index (κ2) is 10.5. The topological polar surface area (TPSA) is 158 Å². The van der Waals surface area contributed by atoms with Crippen molar-refractivity contribution >= 4 is 31.0 Å². The van der Waals surface area contributed by atoms with Gasteiger partial charge >= 0.3 is 7.60 Å². The zero-order chi connectivity index (χ0) is 26.2. The number of aromatic nitrogens is 3. The van der Waals surface area contributed by atoms with E-state index in [4.69, 9.17) is 21.5 Å². The smallest absolute Gasteiger partial charge is 0.359 e. The zero-order valence-corrected chi connectivity index (χ0v) is 21.9. The van der Waals surface area contributed by atoms with Crippen LogP contribution in [0.2, 0.25) is 0 Å². The predicted octanol–water partition coefficient (Wildman–Crippen LogP) is 3.65. The molecule has 0 amide bonds. The minimum Gasteiger partial charge on any atom is -0.388 e. The summed E-state index contributed by atoms with van der Waals surface area (Å²) in [5, 5.41) is 30.4. The summed E-state index contributed by atoms with van der Waals surface area (Å²) in [5.74, 6) is -0.779. The van der Waals surface area contributed by atoms with Crippen LogP contribution in [0.1, 0.15) is 71.5 Å². The molecule has 5 atom stereocenters. The molecule has 1 saturated heterocycles. The zero-order valence-electron chi connectivity index (χ0n) is 20.1. The van der Waals surface area contributed by atoms with E-state index in [1.165, 1.54) is 6.07 Å². The fraction of sp³-hybridized carbons (Fsp3) is 0.682. The van der Waals surface area contributed by atoms with Gasteiger partial charge in [-0.1, -0.05) is 39.9 Å². The maximum absolute atomic E-state index is 13.4. The molecular weight excluding hydrogens is 500 g/mol. The minimum atomic E-state index is -4.49. The summed E-state index contributed by atoms with van der Waals surface area (Å²) < 4.78 is 38.4. The molecule has 5 N–H and O–H groups in total. The Morgan fingerprint density at radius 2 is 1.83 bits per heavy atom. The van der Waals surface area contributed by atoms with Crippen molar-refractivity contribution in [3.63, 3.8) is 0 Å². The van der Waals surface area contributed by atoms with E-state index in [1.54, 1.807) is 27.7 Å². The number of hydrogen-bond donors (Lipinski definition) is 5. The SMILES string of the molecule is CCC(CC)(CC1OC(c2cc3ncc(F)nc3[nH]c2=S)C(O)C1O)OP(=O)(O)C(O)(CC)CC. The maximum Gasteiger partial charge on any atom is 0.359 e. The first-order chi connectivity index (χ1) is 16.4. The summed E-state index contributed by atoms with van der Waals surface area (Å²) in [4.78, 5) is 21.1. The van der Waals surface area contributed by atoms with Crippen molar-refractivity contribution in [2.24, 2.45) is 0 Å². The number of rotatable bonds is 10. The molecule has 0 spiro atoms. The lowest BCUT2D eigenvalue weighted by Crippen LogP contribution is -2.42. The third-order valence-electron chi connectivity index (χ3n) is 7.06. The number of fused-ring (bicyclic) bond motifs is 1. The van der Waals surface area contributed by atoms with E-state index in [0.29, 0.717) is 23.9 Å². The number of aromatic amines is 1. The predicted molar refractivity (Wildman–Crippen MR) is 129 cm³/mol. The lowest BCUT2D eigenvalue weighted by Gasteiger charge is -2.40. The van der Waals surface area contributed by atoms with Crippen molar-refractivity contribution in [3.05, 3.63) is 28.4 Å². The average molecular weight is 534 g/mol. The Balaban J connectivity index is 1.90. The van der Waals surface area contributed by atoms with Crippen LogP contribution in [0.4, 0.5) is 4.39 Å². The molecule has 1 fully saturated rings. The first kappa shape index (κ1) is 28.2. The quantitative estimate of drug-likeness (QED) is 0.225. The van der Waals surface area contributed by atoms with E-state index < -0.39 is 48.9 Å². The highest BCUT2D eigenvalue weighted by atomic mass is 32.1. The van der Waals surface area contributed by atoms with Crippen LogP contribution in [0.25, 0.3) is 11.2 Å². The molecule has 3 rings (SSSR count). The number of nitrogens with zero attached hydrogens (tertiary/aromatic N) is 2. The first-order valence-electron chi connectivity index (χ1n) is 11.7. The van der Waals surface area contributed by atoms with Gasteiger partial charge in [-0.3, -0.25) is 9.09 Å². The van der Waals surface area contributed by atoms with Crippen molar-refractivity contribution < 1.29 is 38.4 Å². The van der Waals surface area contributed by atoms with E-state index in [0.717, 1.165) is 6.20 Å². The summed E-state index contributed by atoms with van der Waals surface area (Å²) in [7, 11) is -4.49. The number of aliphatic hydroxyl groups excluding tert-OH is 2. The molecule has 0 bridgehead atoms. The van der Waals surface area contributed by atoms with Crippen molar-refractivity contribution in [3.8, 4) is 0 Å². The van der Waals surface area contributed by atoms with Crippen LogP contribution < -0.4 is 0 Å². The molecule has 0 saturated carbocycles. The average Bonchev–Trinajstić information content (AvgIpc) is 3.10. The van der Waals surface area contributed by atoms with E-state index >= 15 is 0 Å². The molecule has 10 nitrogen and oxygen atoms in total. The van der Waals surface area contributed by atoms with Crippen molar-refractivity contribution in [1.29, 1.82) is 0 Å². The fourth-order valence-electron chi connectivity index (χ4n) is 4.42. The molecule has 196 valence electrons. The van der Waals surface area contributed by atoms with Crippen LogP contribution in [0.15, 0.2) is 12.3 Å². The molecule has 1 aliphatic rings. The van der Waals surface area contributed by atoms with Gasteiger partial charge in [0, 0.05) is 12.0 Å². The third-order valence-corrected chi connectivity index (χ3v) is 9.72. The molecule has 3 heterocycles. The second-order valence-corrected chi connectivity index (χ2v) is 11.4. The van der Waals surface area contributed by atoms with Gasteiger partial charge in [-0.05, 0) is 31.7 Å². The Kier molecular flexibility index (Phi) is 8.50. The first-order valence-corrected chi connectivity index (χ1v) is 13.7. The number of nitrogens with one attached hydrogen (secondary N) is 1. The molecule has 5 unspecified atom stereocenters. The van der Waals surface area contributed by atoms with E-state index in [1.807, 2.05) is 0 Å². The number of aliphatic hydroxyl groups is 3. The lowest BCUT2D eigenvalue weighted by atomic mass is 9.88. The van der Waals surface area contributed by atoms with Crippen LogP contribution in [-0.4, -0.2) is 64.4 Å². The molecule has 1 aliphatic heterocycles. The molecule has 0 radical (unpaired) electrons. The monoisotopic (exact) mass is 533 g/mol. The molecule has 35 heavy (non-hydrogen) atoms. The molecular formula is C22H33FN3O7PS. The normalized spacial score (nSPS) is 25.2. The van der Waals surface area contributed by atoms with E-state index in [9.17, 15) is 29.2 Å². The molecule has 2 aromatic rings. The summed E-state index contributed by atoms with van der Waals surface area (Å²) in [5.41, 5.74) is -0.451. The van der Waals surface area contributed by atoms with Crippen LogP contribution in [0, 0.1) is 10.6 Å². The van der Waals surface area contributed by atoms with E-state index in [2.05, 4.69) is 15.0 Å². The number of halogens is 1. The van der Waals surface area contributed by atoms with Crippen molar-refractivity contribution in [2.75, 3.05) is 0 Å². The summed E-state index contributed by atoms with van der Waals surface area (Å²) in [6.07, 6.45) is -3.14. The highest BCUT2D eigenvalue weighted by Gasteiger charge is 2.52. The highest BCUT2D eigenvalue weighted by Crippen LogP contribution is 2.61. The minimum absolute atomic E-state index is 0.0160. The van der Waals surface area contributed by atoms with Crippen molar-refractivity contribution in [1.82, 2.24) is 15.0 Å². The van der Waals surface area contributed by atoms with Gasteiger partial charge in [-0.2, -0.15) is 9.37 Å². The third kappa shape index (κ3) is 5.35. The van der Waals surface area contributed by atoms with Crippen molar-refractivity contribution in [2.45, 2.75) is 95.2 Å². The summed E-state index contributed by atoms with van der Waals surface area (Å²) in [6.45, 7) is 6.75. The van der Waals surface area contributed by atoms with Gasteiger partial charge in [-0.25, -0.2) is 4.98 Å². The standard InChI is InChI=1S/C22H33FN3O7PS/c1-5-21(6-2,33-34(30,31)22(29,7-3)8-4)10-14-16(27)17(28)18(32-14)12-9-13-19(26-20(12)35)25-15(23)11-24-13/h9,11,14,16-18,27-29H,5-8,10H2,1-4H3,(H,30,31)(H,25,26,35).